The van der Waals surface area contributed by atoms with Gasteiger partial charge < -0.3 is 10.2 Å². The summed E-state index contributed by atoms with van der Waals surface area (Å²) in [6, 6.07) is 5.96. The smallest absolute Gasteiger partial charge is 0.313 e. The lowest BCUT2D eigenvalue weighted by Crippen LogP contribution is -2.43. The summed E-state index contributed by atoms with van der Waals surface area (Å²) in [6.45, 7) is 2.32. The minimum Gasteiger partial charge on any atom is -0.508 e. The maximum Gasteiger partial charge on any atom is 0.313 e. The Bertz CT molecular complexity index is 629. The molecular weight excluding hydrogens is 347 g/mol. The van der Waals surface area contributed by atoms with E-state index < -0.39 is 4.70 Å². The van der Waals surface area contributed by atoms with Crippen molar-refractivity contribution in [3.8, 4) is 5.75 Å². The number of fused-ring (bicyclic) bond motifs is 5. The minimum atomic E-state index is -0.889. The second-order valence-electron chi connectivity index (χ2n) is 7.66. The maximum atomic E-state index is 10.4. The molecular formula is C19H24Cl2O3. The highest BCUT2D eigenvalue weighted by Crippen LogP contribution is 2.60. The Hall–Kier alpha value is -0.770. The maximum absolute atomic E-state index is 10.4. The van der Waals surface area contributed by atoms with Crippen LogP contribution in [0, 0.1) is 17.3 Å². The van der Waals surface area contributed by atoms with Gasteiger partial charge in [-0.05, 0) is 108 Å². The lowest BCUT2D eigenvalue weighted by molar-refractivity contribution is -0.0226. The summed E-state index contributed by atoms with van der Waals surface area (Å²) in [6.07, 6.45) is 6.78. The van der Waals surface area contributed by atoms with E-state index in [1.54, 1.807) is 0 Å². The molecule has 3 nitrogen and oxygen atoms in total. The Morgan fingerprint density at radius 3 is 2.62 bits per heavy atom. The first-order valence-corrected chi connectivity index (χ1v) is 9.43. The first-order chi connectivity index (χ1) is 11.3. The van der Waals surface area contributed by atoms with E-state index in [0.29, 0.717) is 17.6 Å². The molecule has 0 heterocycles. The SMILES string of the molecule is C[C@]12CC[C@@H]3c4ccc(O)cc4CC[C@H]3[C@@H]1CC[C@@H]2O.O=C(Cl)Cl. The van der Waals surface area contributed by atoms with Gasteiger partial charge in [0.2, 0.25) is 0 Å². The van der Waals surface area contributed by atoms with Gasteiger partial charge in [0, 0.05) is 0 Å². The van der Waals surface area contributed by atoms with Crippen molar-refractivity contribution in [1.29, 1.82) is 0 Å². The van der Waals surface area contributed by atoms with Gasteiger partial charge in [0.05, 0.1) is 6.10 Å². The molecule has 3 aliphatic carbocycles. The fourth-order valence-electron chi connectivity index (χ4n) is 5.54. The highest BCUT2D eigenvalue weighted by molar-refractivity contribution is 6.93. The standard InChI is InChI=1S/C18H24O2.CCl2O/c1-18-9-8-14-13-5-3-12(19)10-11(13)2-4-15(14)16(18)6-7-17(18)20;2-1(3)4/h3,5,10,14-17,19-20H,2,4,6-9H2,1H3;/t14-,15-,16+,17+,18+;/m1./s1. The van der Waals surface area contributed by atoms with Crippen molar-refractivity contribution in [2.24, 2.45) is 17.3 Å². The number of aliphatic hydroxyl groups excluding tert-OH is 1. The van der Waals surface area contributed by atoms with Crippen LogP contribution in [-0.4, -0.2) is 21.0 Å². The molecule has 4 rings (SSSR count). The van der Waals surface area contributed by atoms with E-state index in [1.807, 2.05) is 12.1 Å². The van der Waals surface area contributed by atoms with Crippen molar-refractivity contribution in [3.63, 3.8) is 0 Å². The van der Waals surface area contributed by atoms with E-state index in [9.17, 15) is 10.2 Å². The average molecular weight is 371 g/mol. The summed E-state index contributed by atoms with van der Waals surface area (Å²) in [5, 5.41) is 20.0. The molecule has 0 spiro atoms. The van der Waals surface area contributed by atoms with Crippen LogP contribution in [0.1, 0.15) is 56.1 Å². The number of carbonyl (C=O) groups is 1. The number of phenols is 1. The second-order valence-corrected chi connectivity index (χ2v) is 8.54. The Morgan fingerprint density at radius 1 is 1.21 bits per heavy atom. The van der Waals surface area contributed by atoms with Gasteiger partial charge in [-0.2, -0.15) is 0 Å². The number of aliphatic hydroxyl groups is 1. The summed E-state index contributed by atoms with van der Waals surface area (Å²) < 4.78 is -0.889. The highest BCUT2D eigenvalue weighted by atomic mass is 35.5. The van der Waals surface area contributed by atoms with Gasteiger partial charge in [-0.1, -0.05) is 13.0 Å². The molecule has 0 bridgehead atoms. The lowest BCUT2D eigenvalue weighted by Gasteiger charge is -2.50. The topological polar surface area (TPSA) is 57.5 Å². The van der Waals surface area contributed by atoms with Crippen LogP contribution in [-0.2, 0) is 6.42 Å². The average Bonchev–Trinajstić information content (AvgIpc) is 2.82. The van der Waals surface area contributed by atoms with E-state index >= 15 is 0 Å². The van der Waals surface area contributed by atoms with Crippen LogP contribution < -0.4 is 0 Å². The third-order valence-electron chi connectivity index (χ3n) is 6.66. The largest absolute Gasteiger partial charge is 0.508 e. The van der Waals surface area contributed by atoms with E-state index in [2.05, 4.69) is 36.2 Å². The Morgan fingerprint density at radius 2 is 1.92 bits per heavy atom. The molecule has 2 fully saturated rings. The van der Waals surface area contributed by atoms with Crippen molar-refractivity contribution < 1.29 is 15.0 Å². The van der Waals surface area contributed by atoms with E-state index in [1.165, 1.54) is 30.4 Å². The molecule has 1 aromatic carbocycles. The van der Waals surface area contributed by atoms with Gasteiger partial charge in [-0.15, -0.1) is 0 Å². The summed E-state index contributed by atoms with van der Waals surface area (Å²) in [7, 11) is 0. The minimum absolute atomic E-state index is 0.0883. The fourth-order valence-corrected chi connectivity index (χ4v) is 5.54. The van der Waals surface area contributed by atoms with Gasteiger partial charge in [0.25, 0.3) is 0 Å². The van der Waals surface area contributed by atoms with Crippen LogP contribution in [0.25, 0.3) is 0 Å². The van der Waals surface area contributed by atoms with Crippen LogP contribution in [0.3, 0.4) is 0 Å². The van der Waals surface area contributed by atoms with Gasteiger partial charge in [0.15, 0.2) is 0 Å². The molecule has 132 valence electrons. The molecule has 0 amide bonds. The molecule has 3 aliphatic rings. The van der Waals surface area contributed by atoms with Gasteiger partial charge in [-0.25, -0.2) is 0 Å². The Kier molecular flexibility index (Phi) is 5.15. The zero-order chi connectivity index (χ0) is 17.5. The van der Waals surface area contributed by atoms with Crippen molar-refractivity contribution in [2.75, 3.05) is 0 Å². The van der Waals surface area contributed by atoms with Crippen LogP contribution >= 0.6 is 23.2 Å². The number of phenolic OH excluding ortho intramolecular Hbond substituents is 1. The first kappa shape index (κ1) is 18.0. The van der Waals surface area contributed by atoms with Crippen molar-refractivity contribution in [2.45, 2.75) is 57.5 Å². The summed E-state index contributed by atoms with van der Waals surface area (Å²) in [4.78, 5) is 8.98. The Balaban J connectivity index is 0.000000383. The molecule has 2 N–H and O–H groups in total. The molecule has 0 aromatic heterocycles. The van der Waals surface area contributed by atoms with Crippen LogP contribution in [0.15, 0.2) is 18.2 Å². The number of hydrogen-bond acceptors (Lipinski definition) is 3. The number of aryl methyl sites for hydroxylation is 1. The number of hydrogen-bond donors (Lipinski definition) is 2. The highest BCUT2D eigenvalue weighted by Gasteiger charge is 2.54. The third kappa shape index (κ3) is 3.18. The number of halogens is 2. The third-order valence-corrected chi connectivity index (χ3v) is 6.66. The summed E-state index contributed by atoms with van der Waals surface area (Å²) in [5.41, 5.74) is 2.99. The Labute approximate surface area is 153 Å². The normalized spacial score (nSPS) is 36.7. The molecule has 0 unspecified atom stereocenters. The van der Waals surface area contributed by atoms with Crippen LogP contribution in [0.4, 0.5) is 4.79 Å². The van der Waals surface area contributed by atoms with Crippen molar-refractivity contribution >= 4 is 27.9 Å². The van der Waals surface area contributed by atoms with E-state index in [0.717, 1.165) is 25.2 Å². The number of carbonyl (C=O) groups excluding carboxylic acids is 1. The number of rotatable bonds is 0. The zero-order valence-electron chi connectivity index (χ0n) is 13.8. The predicted molar refractivity (Wildman–Crippen MR) is 95.8 cm³/mol. The molecule has 24 heavy (non-hydrogen) atoms. The molecule has 0 aliphatic heterocycles. The lowest BCUT2D eigenvalue weighted by atomic mass is 9.55. The van der Waals surface area contributed by atoms with E-state index in [4.69, 9.17) is 4.79 Å². The molecule has 1 aromatic rings. The molecule has 5 heteroatoms. The summed E-state index contributed by atoms with van der Waals surface area (Å²) in [5.74, 6) is 2.49. The van der Waals surface area contributed by atoms with Crippen LogP contribution in [0.2, 0.25) is 0 Å². The van der Waals surface area contributed by atoms with Gasteiger partial charge >= 0.3 is 4.70 Å². The van der Waals surface area contributed by atoms with Crippen molar-refractivity contribution in [3.05, 3.63) is 29.3 Å². The molecule has 5 atom stereocenters. The zero-order valence-corrected chi connectivity index (χ0v) is 15.4. The van der Waals surface area contributed by atoms with Gasteiger partial charge in [0.1, 0.15) is 5.75 Å². The quantitative estimate of drug-likeness (QED) is 0.617. The van der Waals surface area contributed by atoms with Crippen molar-refractivity contribution in [1.82, 2.24) is 0 Å². The number of aromatic hydroxyl groups is 1. The first-order valence-electron chi connectivity index (χ1n) is 8.67. The fraction of sp³-hybridized carbons (Fsp3) is 0.632. The second kappa shape index (κ2) is 6.86. The van der Waals surface area contributed by atoms with Gasteiger partial charge in [-0.3, -0.25) is 4.79 Å². The van der Waals surface area contributed by atoms with E-state index in [-0.39, 0.29) is 11.5 Å². The molecule has 2 saturated carbocycles. The predicted octanol–water partition coefficient (Wildman–Crippen LogP) is 5.19. The molecule has 0 radical (unpaired) electrons. The number of benzene rings is 1. The summed E-state index contributed by atoms with van der Waals surface area (Å²) >= 11 is 8.80. The molecule has 0 saturated heterocycles. The monoisotopic (exact) mass is 370 g/mol. The van der Waals surface area contributed by atoms with Crippen LogP contribution in [0.5, 0.6) is 5.75 Å².